The van der Waals surface area contributed by atoms with Gasteiger partial charge in [-0.3, -0.25) is 9.36 Å². The normalized spacial score (nSPS) is 14.7. The molecule has 5 rings (SSSR count). The molecule has 0 fully saturated rings. The SMILES string of the molecule is CCOC(=O)C1=C(c2ccccc2)N=c2s/c(=C\c3cccc(OCC(=O)[O-])c3)c(=O)n2[C@H]1c1cccc(OC)c1. The number of hydrogen-bond donors (Lipinski definition) is 0. The van der Waals surface area contributed by atoms with E-state index in [2.05, 4.69) is 0 Å². The Morgan fingerprint density at radius 1 is 1.02 bits per heavy atom. The zero-order valence-electron chi connectivity index (χ0n) is 22.2. The molecule has 10 heteroatoms. The third-order valence-corrected chi connectivity index (χ3v) is 7.28. The lowest BCUT2D eigenvalue weighted by Crippen LogP contribution is -2.40. The summed E-state index contributed by atoms with van der Waals surface area (Å²) in [6, 6.07) is 22.3. The molecule has 1 atom stereocenters. The number of thiazole rings is 1. The Labute approximate surface area is 238 Å². The minimum Gasteiger partial charge on any atom is -0.546 e. The first-order valence-electron chi connectivity index (χ1n) is 12.7. The molecule has 1 aliphatic heterocycles. The summed E-state index contributed by atoms with van der Waals surface area (Å²) in [5.41, 5.74) is 2.29. The molecule has 3 aromatic carbocycles. The lowest BCUT2D eigenvalue weighted by Gasteiger charge is -2.26. The number of aliphatic carboxylic acids is 1. The summed E-state index contributed by atoms with van der Waals surface area (Å²) < 4.78 is 18.0. The molecule has 0 aliphatic carbocycles. The Morgan fingerprint density at radius 2 is 1.78 bits per heavy atom. The van der Waals surface area contributed by atoms with Gasteiger partial charge in [-0.2, -0.15) is 0 Å². The van der Waals surface area contributed by atoms with Crippen LogP contribution in [0.15, 0.2) is 94.2 Å². The van der Waals surface area contributed by atoms with Crippen molar-refractivity contribution in [3.63, 3.8) is 0 Å². The maximum absolute atomic E-state index is 14.0. The number of fused-ring (bicyclic) bond motifs is 1. The molecule has 9 nitrogen and oxygen atoms in total. The molecule has 4 aromatic rings. The van der Waals surface area contributed by atoms with Gasteiger partial charge in [0.2, 0.25) is 0 Å². The second kappa shape index (κ2) is 12.1. The summed E-state index contributed by atoms with van der Waals surface area (Å²) in [5, 5.41) is 10.8. The van der Waals surface area contributed by atoms with E-state index in [1.807, 2.05) is 36.4 Å². The van der Waals surface area contributed by atoms with E-state index in [1.165, 1.54) is 15.9 Å². The van der Waals surface area contributed by atoms with Crippen molar-refractivity contribution in [3.8, 4) is 11.5 Å². The van der Waals surface area contributed by atoms with Crippen molar-refractivity contribution < 1.29 is 28.9 Å². The van der Waals surface area contributed by atoms with Gasteiger partial charge >= 0.3 is 5.97 Å². The number of rotatable bonds is 9. The van der Waals surface area contributed by atoms with Crippen molar-refractivity contribution in [2.24, 2.45) is 4.99 Å². The fourth-order valence-electron chi connectivity index (χ4n) is 4.56. The molecule has 0 saturated heterocycles. The monoisotopic (exact) mass is 569 g/mol. The van der Waals surface area contributed by atoms with Crippen LogP contribution >= 0.6 is 11.3 Å². The topological polar surface area (TPSA) is 119 Å². The van der Waals surface area contributed by atoms with Crippen LogP contribution in [0.1, 0.15) is 29.7 Å². The molecule has 1 aliphatic rings. The molecule has 0 radical (unpaired) electrons. The molecule has 41 heavy (non-hydrogen) atoms. The summed E-state index contributed by atoms with van der Waals surface area (Å²) in [7, 11) is 1.55. The number of carbonyl (C=O) groups is 2. The number of ether oxygens (including phenoxy) is 3. The summed E-state index contributed by atoms with van der Waals surface area (Å²) in [6.45, 7) is 1.28. The molecule has 0 spiro atoms. The number of hydrogen-bond acceptors (Lipinski definition) is 9. The molecular weight excluding hydrogens is 544 g/mol. The van der Waals surface area contributed by atoms with Crippen LogP contribution < -0.4 is 29.5 Å². The minimum atomic E-state index is -1.34. The van der Waals surface area contributed by atoms with Gasteiger partial charge in [-0.1, -0.05) is 65.9 Å². The molecule has 0 unspecified atom stereocenters. The average Bonchev–Trinajstić information content (AvgIpc) is 3.30. The van der Waals surface area contributed by atoms with E-state index < -0.39 is 24.6 Å². The number of methoxy groups -OCH3 is 1. The van der Waals surface area contributed by atoms with E-state index in [0.717, 1.165) is 0 Å². The van der Waals surface area contributed by atoms with Crippen LogP contribution in [0.4, 0.5) is 0 Å². The van der Waals surface area contributed by atoms with Crippen LogP contribution in [0.3, 0.4) is 0 Å². The average molecular weight is 570 g/mol. The molecule has 0 amide bonds. The lowest BCUT2D eigenvalue weighted by atomic mass is 9.93. The maximum atomic E-state index is 14.0. The first kappa shape index (κ1) is 27.6. The van der Waals surface area contributed by atoms with E-state index in [0.29, 0.717) is 43.2 Å². The summed E-state index contributed by atoms with van der Waals surface area (Å²) >= 11 is 1.18. The van der Waals surface area contributed by atoms with Crippen molar-refractivity contribution in [1.29, 1.82) is 0 Å². The molecule has 2 heterocycles. The number of carboxylic acid groups (broad SMARTS) is 1. The van der Waals surface area contributed by atoms with Crippen LogP contribution in [0.5, 0.6) is 11.5 Å². The number of benzene rings is 3. The highest BCUT2D eigenvalue weighted by molar-refractivity contribution is 7.07. The number of aromatic nitrogens is 1. The van der Waals surface area contributed by atoms with E-state index in [9.17, 15) is 19.5 Å². The largest absolute Gasteiger partial charge is 0.546 e. The van der Waals surface area contributed by atoms with Crippen LogP contribution in [0.25, 0.3) is 11.8 Å². The van der Waals surface area contributed by atoms with Crippen molar-refractivity contribution in [1.82, 2.24) is 4.57 Å². The van der Waals surface area contributed by atoms with Gasteiger partial charge < -0.3 is 24.1 Å². The Hall–Kier alpha value is -4.96. The highest BCUT2D eigenvalue weighted by atomic mass is 32.1. The van der Waals surface area contributed by atoms with E-state index in [1.54, 1.807) is 62.6 Å². The zero-order chi connectivity index (χ0) is 28.9. The Bertz CT molecular complexity index is 1820. The van der Waals surface area contributed by atoms with Gasteiger partial charge in [0.1, 0.15) is 18.1 Å². The molecule has 0 bridgehead atoms. The van der Waals surface area contributed by atoms with E-state index >= 15 is 0 Å². The smallest absolute Gasteiger partial charge is 0.338 e. The maximum Gasteiger partial charge on any atom is 0.338 e. The molecule has 1 aromatic heterocycles. The first-order chi connectivity index (χ1) is 19.9. The lowest BCUT2D eigenvalue weighted by molar-refractivity contribution is -0.307. The zero-order valence-corrected chi connectivity index (χ0v) is 23.1. The highest BCUT2D eigenvalue weighted by Crippen LogP contribution is 2.36. The highest BCUT2D eigenvalue weighted by Gasteiger charge is 2.35. The molecule has 0 N–H and O–H groups in total. The van der Waals surface area contributed by atoms with Crippen LogP contribution in [0.2, 0.25) is 0 Å². The predicted molar refractivity (Wildman–Crippen MR) is 151 cm³/mol. The molecular formula is C31H25N2O7S-. The quantitative estimate of drug-likeness (QED) is 0.283. The third kappa shape index (κ3) is 5.82. The van der Waals surface area contributed by atoms with Gasteiger partial charge in [0.05, 0.1) is 41.5 Å². The third-order valence-electron chi connectivity index (χ3n) is 6.30. The molecule has 0 saturated carbocycles. The van der Waals surface area contributed by atoms with Crippen molar-refractivity contribution in [2.75, 3.05) is 20.3 Å². The van der Waals surface area contributed by atoms with E-state index in [4.69, 9.17) is 19.2 Å². The molecule has 208 valence electrons. The Kier molecular flexibility index (Phi) is 8.11. The summed E-state index contributed by atoms with van der Waals surface area (Å²) in [5.74, 6) is -1.02. The van der Waals surface area contributed by atoms with Crippen molar-refractivity contribution in [2.45, 2.75) is 13.0 Å². The first-order valence-corrected chi connectivity index (χ1v) is 13.6. The van der Waals surface area contributed by atoms with Crippen molar-refractivity contribution >= 4 is 35.0 Å². The van der Waals surface area contributed by atoms with Gasteiger partial charge in [0.15, 0.2) is 4.80 Å². The van der Waals surface area contributed by atoms with Gasteiger partial charge in [-0.25, -0.2) is 9.79 Å². The van der Waals surface area contributed by atoms with Gasteiger partial charge in [0, 0.05) is 5.56 Å². The van der Waals surface area contributed by atoms with Crippen LogP contribution in [0, 0.1) is 0 Å². The fourth-order valence-corrected chi connectivity index (χ4v) is 5.56. The number of nitrogens with zero attached hydrogens (tertiary/aromatic N) is 2. The fraction of sp³-hybridized carbons (Fsp3) is 0.161. The van der Waals surface area contributed by atoms with Gasteiger partial charge in [-0.05, 0) is 48.4 Å². The van der Waals surface area contributed by atoms with Crippen LogP contribution in [-0.4, -0.2) is 36.8 Å². The summed E-state index contributed by atoms with van der Waals surface area (Å²) in [6.07, 6.45) is 1.68. The number of carboxylic acids is 1. The standard InChI is InChI=1S/C31H26N2O7S/c1-3-39-30(37)26-27(20-10-5-4-6-11-20)32-31-33(28(26)21-12-8-13-22(17-21)38-2)29(36)24(41-31)16-19-9-7-14-23(15-19)40-18-25(34)35/h4-17,28H,3,18H2,1-2H3,(H,34,35)/p-1/b24-16-/t28-/m0/s1. The van der Waals surface area contributed by atoms with E-state index in [-0.39, 0.29) is 17.7 Å². The second-order valence-electron chi connectivity index (χ2n) is 8.94. The van der Waals surface area contributed by atoms with Crippen molar-refractivity contribution in [3.05, 3.63) is 121 Å². The second-order valence-corrected chi connectivity index (χ2v) is 9.95. The Balaban J connectivity index is 1.75. The predicted octanol–water partition coefficient (Wildman–Crippen LogP) is 2.07. The number of carbonyl (C=O) groups excluding carboxylic acids is 2. The minimum absolute atomic E-state index is 0.149. The van der Waals surface area contributed by atoms with Gasteiger partial charge in [-0.15, -0.1) is 0 Å². The van der Waals surface area contributed by atoms with Crippen LogP contribution in [-0.2, 0) is 14.3 Å². The van der Waals surface area contributed by atoms with Gasteiger partial charge in [0.25, 0.3) is 5.56 Å². The number of esters is 1. The Morgan fingerprint density at radius 3 is 2.51 bits per heavy atom. The summed E-state index contributed by atoms with van der Waals surface area (Å²) in [4.78, 5) is 43.5.